The minimum atomic E-state index is -0.640. The van der Waals surface area contributed by atoms with E-state index in [1.165, 1.54) is 0 Å². The predicted octanol–water partition coefficient (Wildman–Crippen LogP) is 5.25. The molecule has 6 heteroatoms. The molecular formula is C26H35NO5. The highest BCUT2D eigenvalue weighted by molar-refractivity contribution is 6.09. The van der Waals surface area contributed by atoms with Crippen LogP contribution in [0.3, 0.4) is 0 Å². The highest BCUT2D eigenvalue weighted by Gasteiger charge is 2.46. The van der Waals surface area contributed by atoms with Crippen LogP contribution in [0.5, 0.6) is 11.5 Å². The molecule has 1 aromatic carbocycles. The van der Waals surface area contributed by atoms with Gasteiger partial charge >= 0.3 is 5.97 Å². The molecular weight excluding hydrogens is 406 g/mol. The van der Waals surface area contributed by atoms with Gasteiger partial charge in [-0.1, -0.05) is 33.3 Å². The lowest BCUT2D eigenvalue weighted by Gasteiger charge is -2.39. The zero-order valence-corrected chi connectivity index (χ0v) is 20.1. The fourth-order valence-corrected chi connectivity index (χ4v) is 4.67. The SMILES string of the molecule is CCCCOC(=O)C1C(C)=NC2=C(C(=O)CC(C)(C)C2)[C@@H]1c1ccc(OCC)c(OC)c1. The molecule has 0 amide bonds. The van der Waals surface area contributed by atoms with E-state index >= 15 is 0 Å². The summed E-state index contributed by atoms with van der Waals surface area (Å²) < 4.78 is 16.8. The van der Waals surface area contributed by atoms with E-state index in [4.69, 9.17) is 19.2 Å². The van der Waals surface area contributed by atoms with Crippen LogP contribution in [0.2, 0.25) is 0 Å². The van der Waals surface area contributed by atoms with Crippen LogP contribution in [0.15, 0.2) is 34.5 Å². The van der Waals surface area contributed by atoms with Crippen molar-refractivity contribution in [1.82, 2.24) is 0 Å². The number of hydrogen-bond acceptors (Lipinski definition) is 6. The molecule has 0 saturated heterocycles. The lowest BCUT2D eigenvalue weighted by atomic mass is 9.67. The summed E-state index contributed by atoms with van der Waals surface area (Å²) in [7, 11) is 1.59. The topological polar surface area (TPSA) is 74.2 Å². The maximum Gasteiger partial charge on any atom is 0.315 e. The Kier molecular flexibility index (Phi) is 7.42. The van der Waals surface area contributed by atoms with Crippen LogP contribution in [-0.2, 0) is 14.3 Å². The monoisotopic (exact) mass is 441 g/mol. The number of hydrogen-bond donors (Lipinski definition) is 0. The largest absolute Gasteiger partial charge is 0.493 e. The van der Waals surface area contributed by atoms with Gasteiger partial charge in [0.1, 0.15) is 5.92 Å². The summed E-state index contributed by atoms with van der Waals surface area (Å²) in [5.74, 6) is -0.164. The highest BCUT2D eigenvalue weighted by atomic mass is 16.5. The molecule has 174 valence electrons. The van der Waals surface area contributed by atoms with Crippen molar-refractivity contribution in [3.8, 4) is 11.5 Å². The molecule has 6 nitrogen and oxygen atoms in total. The van der Waals surface area contributed by atoms with Gasteiger partial charge in [-0.2, -0.15) is 0 Å². The Morgan fingerprint density at radius 2 is 1.94 bits per heavy atom. The first-order valence-electron chi connectivity index (χ1n) is 11.5. The van der Waals surface area contributed by atoms with Crippen LogP contribution in [0, 0.1) is 11.3 Å². The Labute approximate surface area is 191 Å². The van der Waals surface area contributed by atoms with Gasteiger partial charge < -0.3 is 14.2 Å². The third-order valence-electron chi connectivity index (χ3n) is 6.14. The number of carbonyl (C=O) groups excluding carboxylic acids is 2. The first-order valence-corrected chi connectivity index (χ1v) is 11.5. The second-order valence-electron chi connectivity index (χ2n) is 9.37. The lowest BCUT2D eigenvalue weighted by Crippen LogP contribution is -2.39. The number of unbranched alkanes of at least 4 members (excludes halogenated alkanes) is 1. The van der Waals surface area contributed by atoms with Gasteiger partial charge in [-0.05, 0) is 49.8 Å². The van der Waals surface area contributed by atoms with Crippen LogP contribution in [-0.4, -0.2) is 37.8 Å². The second-order valence-corrected chi connectivity index (χ2v) is 9.37. The van der Waals surface area contributed by atoms with E-state index in [0.717, 1.165) is 24.1 Å². The minimum Gasteiger partial charge on any atom is -0.493 e. The van der Waals surface area contributed by atoms with Crippen molar-refractivity contribution in [2.75, 3.05) is 20.3 Å². The van der Waals surface area contributed by atoms with Crippen LogP contribution in [0.25, 0.3) is 0 Å². The number of rotatable bonds is 8. The van der Waals surface area contributed by atoms with Crippen LogP contribution < -0.4 is 9.47 Å². The Balaban J connectivity index is 2.11. The van der Waals surface area contributed by atoms with E-state index in [9.17, 15) is 9.59 Å². The van der Waals surface area contributed by atoms with Crippen LogP contribution >= 0.6 is 0 Å². The number of aliphatic imine (C=N–C) groups is 1. The molecule has 0 radical (unpaired) electrons. The maximum atomic E-state index is 13.4. The molecule has 0 aromatic heterocycles. The van der Waals surface area contributed by atoms with E-state index in [1.54, 1.807) is 7.11 Å². The third-order valence-corrected chi connectivity index (χ3v) is 6.14. The van der Waals surface area contributed by atoms with Crippen molar-refractivity contribution in [2.45, 2.75) is 66.2 Å². The van der Waals surface area contributed by atoms with Crippen molar-refractivity contribution >= 4 is 17.5 Å². The average molecular weight is 442 g/mol. The normalized spacial score (nSPS) is 22.2. The van der Waals surface area contributed by atoms with Gasteiger partial charge in [0, 0.05) is 29.3 Å². The van der Waals surface area contributed by atoms with Gasteiger partial charge in [0.2, 0.25) is 0 Å². The standard InChI is InChI=1S/C26H35NO5/c1-7-9-12-32-25(29)22-16(3)27-18-14-26(4,5)15-19(28)24(18)23(22)17-10-11-20(31-8-2)21(13-17)30-6/h10-11,13,22-23H,7-9,12,14-15H2,1-6H3/t22?,23-/m1/s1. The molecule has 0 bridgehead atoms. The molecule has 1 aromatic rings. The molecule has 3 rings (SSSR count). The van der Waals surface area contributed by atoms with Crippen molar-refractivity contribution in [2.24, 2.45) is 16.3 Å². The molecule has 32 heavy (non-hydrogen) atoms. The number of ketones is 1. The Hall–Kier alpha value is -2.63. The van der Waals surface area contributed by atoms with E-state index in [0.29, 0.717) is 48.8 Å². The van der Waals surface area contributed by atoms with Gasteiger partial charge in [0.25, 0.3) is 0 Å². The molecule has 2 atom stereocenters. The van der Waals surface area contributed by atoms with Crippen molar-refractivity contribution in [1.29, 1.82) is 0 Å². The Morgan fingerprint density at radius 1 is 1.19 bits per heavy atom. The summed E-state index contributed by atoms with van der Waals surface area (Å²) in [4.78, 5) is 31.3. The summed E-state index contributed by atoms with van der Waals surface area (Å²) >= 11 is 0. The number of Topliss-reactive ketones (excluding diaryl/α,β-unsaturated/α-hetero) is 1. The average Bonchev–Trinajstić information content (AvgIpc) is 2.72. The molecule has 1 unspecified atom stereocenters. The van der Waals surface area contributed by atoms with Gasteiger partial charge in [0.05, 0.1) is 20.3 Å². The fraction of sp³-hybridized carbons (Fsp3) is 0.577. The van der Waals surface area contributed by atoms with Crippen LogP contribution in [0.4, 0.5) is 0 Å². The van der Waals surface area contributed by atoms with E-state index in [1.807, 2.05) is 32.0 Å². The zero-order chi connectivity index (χ0) is 23.5. The Bertz CT molecular complexity index is 944. The van der Waals surface area contributed by atoms with Crippen LogP contribution in [0.1, 0.15) is 71.8 Å². The first-order chi connectivity index (χ1) is 15.2. The van der Waals surface area contributed by atoms with E-state index in [2.05, 4.69) is 20.8 Å². The number of nitrogens with zero attached hydrogens (tertiary/aromatic N) is 1. The molecule has 0 saturated carbocycles. The number of allylic oxidation sites excluding steroid dienone is 2. The number of esters is 1. The lowest BCUT2D eigenvalue weighted by molar-refractivity contribution is -0.146. The van der Waals surface area contributed by atoms with Gasteiger partial charge in [-0.3, -0.25) is 14.6 Å². The number of ether oxygens (including phenoxy) is 3. The molecule has 0 N–H and O–H groups in total. The Morgan fingerprint density at radius 3 is 2.59 bits per heavy atom. The molecule has 0 fully saturated rings. The summed E-state index contributed by atoms with van der Waals surface area (Å²) in [5, 5.41) is 0. The molecule has 2 aliphatic rings. The number of benzene rings is 1. The first kappa shape index (κ1) is 24.0. The van der Waals surface area contributed by atoms with E-state index < -0.39 is 11.8 Å². The summed E-state index contributed by atoms with van der Waals surface area (Å²) in [6.07, 6.45) is 2.88. The molecule has 0 spiro atoms. The van der Waals surface area contributed by atoms with Crippen molar-refractivity contribution in [3.05, 3.63) is 35.0 Å². The minimum absolute atomic E-state index is 0.0525. The quantitative estimate of drug-likeness (QED) is 0.407. The third kappa shape index (κ3) is 4.89. The van der Waals surface area contributed by atoms with E-state index in [-0.39, 0.29) is 17.2 Å². The number of carbonyl (C=O) groups is 2. The van der Waals surface area contributed by atoms with Gasteiger partial charge in [0.15, 0.2) is 17.3 Å². The molecule has 1 aliphatic carbocycles. The maximum absolute atomic E-state index is 13.4. The summed E-state index contributed by atoms with van der Waals surface area (Å²) in [6, 6.07) is 5.63. The zero-order valence-electron chi connectivity index (χ0n) is 20.1. The number of methoxy groups -OCH3 is 1. The molecule has 1 heterocycles. The summed E-state index contributed by atoms with van der Waals surface area (Å²) in [5.41, 5.74) is 2.79. The molecule has 1 aliphatic heterocycles. The van der Waals surface area contributed by atoms with Crippen molar-refractivity contribution in [3.63, 3.8) is 0 Å². The summed E-state index contributed by atoms with van der Waals surface area (Å²) in [6.45, 7) is 10.9. The smallest absolute Gasteiger partial charge is 0.315 e. The van der Waals surface area contributed by atoms with Crippen molar-refractivity contribution < 1.29 is 23.8 Å². The fourth-order valence-electron chi connectivity index (χ4n) is 4.67. The highest BCUT2D eigenvalue weighted by Crippen LogP contribution is 2.48. The second kappa shape index (κ2) is 9.88. The predicted molar refractivity (Wildman–Crippen MR) is 124 cm³/mol. The van der Waals surface area contributed by atoms with Gasteiger partial charge in [-0.25, -0.2) is 0 Å². The van der Waals surface area contributed by atoms with Gasteiger partial charge in [-0.15, -0.1) is 0 Å².